The van der Waals surface area contributed by atoms with Crippen molar-refractivity contribution in [3.63, 3.8) is 0 Å². The van der Waals surface area contributed by atoms with E-state index in [1.807, 2.05) is 0 Å². The second-order valence-corrected chi connectivity index (χ2v) is 3.37. The summed E-state index contributed by atoms with van der Waals surface area (Å²) in [5.74, 6) is -0.174. The zero-order valence-corrected chi connectivity index (χ0v) is 9.62. The summed E-state index contributed by atoms with van der Waals surface area (Å²) in [7, 11) is 1.15. The molecule has 9 heteroatoms. The van der Waals surface area contributed by atoms with E-state index in [-0.39, 0.29) is 17.1 Å². The predicted octanol–water partition coefficient (Wildman–Crippen LogP) is 3.43. The van der Waals surface area contributed by atoms with E-state index in [1.165, 1.54) is 0 Å². The Morgan fingerprint density at radius 2 is 2.11 bits per heavy atom. The number of non-ortho nitro benzene ring substituents is 1. The number of hydrogen-bond acceptors (Lipinski definition) is 4. The normalized spacial score (nSPS) is 12.4. The van der Waals surface area contributed by atoms with Crippen molar-refractivity contribution >= 4 is 28.1 Å². The fourth-order valence-electron chi connectivity index (χ4n) is 1.04. The molecule has 0 bridgehead atoms. The van der Waals surface area contributed by atoms with Crippen molar-refractivity contribution in [3.05, 3.63) is 28.3 Å². The number of alkyl halides is 3. The van der Waals surface area contributed by atoms with Crippen LogP contribution in [-0.4, -0.2) is 23.4 Å². The SMILES string of the molecule is COc1cc([N+](=O)[O-])ccc1N=C(Cl)C(F)(F)F. The molecule has 0 saturated heterocycles. The smallest absolute Gasteiger partial charge is 0.444 e. The van der Waals surface area contributed by atoms with Crippen LogP contribution in [0.5, 0.6) is 5.75 Å². The van der Waals surface area contributed by atoms with E-state index in [0.29, 0.717) is 0 Å². The third kappa shape index (κ3) is 3.33. The standard InChI is InChI=1S/C9H6ClF3N2O3/c1-18-7-4-5(15(16)17)2-3-6(7)14-8(10)9(11,12)13/h2-4H,1H3. The molecule has 1 aromatic carbocycles. The molecule has 0 atom stereocenters. The Hall–Kier alpha value is -1.83. The number of nitrogens with zero attached hydrogens (tertiary/aromatic N) is 2. The van der Waals surface area contributed by atoms with E-state index >= 15 is 0 Å². The van der Waals surface area contributed by atoms with Crippen molar-refractivity contribution < 1.29 is 22.8 Å². The maximum atomic E-state index is 12.2. The lowest BCUT2D eigenvalue weighted by molar-refractivity contribution is -0.384. The van der Waals surface area contributed by atoms with Crippen LogP contribution in [0.2, 0.25) is 0 Å². The molecule has 0 saturated carbocycles. The van der Waals surface area contributed by atoms with Gasteiger partial charge in [-0.3, -0.25) is 10.1 Å². The Morgan fingerprint density at radius 1 is 1.50 bits per heavy atom. The van der Waals surface area contributed by atoms with Crippen LogP contribution in [0.1, 0.15) is 0 Å². The van der Waals surface area contributed by atoms with Crippen LogP contribution >= 0.6 is 11.6 Å². The number of hydrogen-bond donors (Lipinski definition) is 0. The molecule has 0 N–H and O–H groups in total. The van der Waals surface area contributed by atoms with Crippen LogP contribution < -0.4 is 4.74 Å². The molecule has 98 valence electrons. The summed E-state index contributed by atoms with van der Waals surface area (Å²) in [4.78, 5) is 12.9. The number of benzene rings is 1. The first kappa shape index (κ1) is 14.2. The van der Waals surface area contributed by atoms with E-state index in [1.54, 1.807) is 0 Å². The van der Waals surface area contributed by atoms with Crippen LogP contribution in [0.25, 0.3) is 0 Å². The molecule has 0 amide bonds. The Bertz CT molecular complexity index is 502. The minimum Gasteiger partial charge on any atom is -0.494 e. The first-order valence-electron chi connectivity index (χ1n) is 4.39. The average molecular weight is 283 g/mol. The number of aliphatic imine (C=N–C) groups is 1. The summed E-state index contributed by atoms with van der Waals surface area (Å²) in [5.41, 5.74) is -0.570. The maximum absolute atomic E-state index is 12.2. The van der Waals surface area contributed by atoms with Gasteiger partial charge in [0.15, 0.2) is 5.75 Å². The number of methoxy groups -OCH3 is 1. The van der Waals surface area contributed by atoms with E-state index in [9.17, 15) is 23.3 Å². The van der Waals surface area contributed by atoms with Crippen LogP contribution in [-0.2, 0) is 0 Å². The third-order valence-corrected chi connectivity index (χ3v) is 2.13. The molecule has 0 fully saturated rings. The van der Waals surface area contributed by atoms with Crippen molar-refractivity contribution in [2.75, 3.05) is 7.11 Å². The molecule has 0 heterocycles. The molecule has 5 nitrogen and oxygen atoms in total. The topological polar surface area (TPSA) is 64.7 Å². The molecule has 18 heavy (non-hydrogen) atoms. The Morgan fingerprint density at radius 3 is 2.56 bits per heavy atom. The Balaban J connectivity index is 3.22. The highest BCUT2D eigenvalue weighted by Gasteiger charge is 2.34. The van der Waals surface area contributed by atoms with Gasteiger partial charge in [0.2, 0.25) is 5.17 Å². The number of nitro benzene ring substituents is 1. The predicted molar refractivity (Wildman–Crippen MR) is 58.7 cm³/mol. The average Bonchev–Trinajstić information content (AvgIpc) is 2.27. The van der Waals surface area contributed by atoms with E-state index < -0.39 is 16.3 Å². The van der Waals surface area contributed by atoms with Crippen LogP contribution in [0.3, 0.4) is 0 Å². The minimum absolute atomic E-state index is 0.174. The molecule has 0 aromatic heterocycles. The molecule has 0 unspecified atom stereocenters. The highest BCUT2D eigenvalue weighted by Crippen LogP contribution is 2.33. The number of rotatable bonds is 3. The molecular weight excluding hydrogens is 277 g/mol. The second kappa shape index (κ2) is 5.21. The van der Waals surface area contributed by atoms with Gasteiger partial charge in [-0.25, -0.2) is 4.99 Å². The lowest BCUT2D eigenvalue weighted by Crippen LogP contribution is -2.16. The first-order valence-corrected chi connectivity index (χ1v) is 4.77. The summed E-state index contributed by atoms with van der Waals surface area (Å²) >= 11 is 4.96. The second-order valence-electron chi connectivity index (χ2n) is 3.01. The van der Waals surface area contributed by atoms with E-state index in [0.717, 1.165) is 25.3 Å². The van der Waals surface area contributed by atoms with Crippen LogP contribution in [0, 0.1) is 10.1 Å². The Kier molecular flexibility index (Phi) is 4.12. The third-order valence-electron chi connectivity index (χ3n) is 1.83. The van der Waals surface area contributed by atoms with E-state index in [2.05, 4.69) is 4.99 Å². The lowest BCUT2D eigenvalue weighted by Gasteiger charge is -2.06. The van der Waals surface area contributed by atoms with Crippen molar-refractivity contribution in [3.8, 4) is 5.75 Å². The van der Waals surface area contributed by atoms with Gasteiger partial charge in [0.1, 0.15) is 5.69 Å². The minimum atomic E-state index is -4.78. The van der Waals surface area contributed by atoms with Gasteiger partial charge in [-0.1, -0.05) is 11.6 Å². The molecule has 1 rings (SSSR count). The number of halogens is 4. The quantitative estimate of drug-likeness (QED) is 0.484. The van der Waals surface area contributed by atoms with Gasteiger partial charge in [-0.2, -0.15) is 13.2 Å². The van der Waals surface area contributed by atoms with Gasteiger partial charge in [0.25, 0.3) is 5.69 Å². The largest absolute Gasteiger partial charge is 0.494 e. The van der Waals surface area contributed by atoms with Crippen LogP contribution in [0.15, 0.2) is 23.2 Å². The summed E-state index contributed by atoms with van der Waals surface area (Å²) < 4.78 is 41.2. The molecule has 0 spiro atoms. The Labute approximate surface area is 104 Å². The van der Waals surface area contributed by atoms with Crippen molar-refractivity contribution in [1.29, 1.82) is 0 Å². The fraction of sp³-hybridized carbons (Fsp3) is 0.222. The molecule has 0 aliphatic carbocycles. The van der Waals surface area contributed by atoms with E-state index in [4.69, 9.17) is 16.3 Å². The highest BCUT2D eigenvalue weighted by atomic mass is 35.5. The summed E-state index contributed by atoms with van der Waals surface area (Å²) in [5, 5.41) is 8.88. The first-order chi connectivity index (χ1) is 8.25. The van der Waals surface area contributed by atoms with Crippen molar-refractivity contribution in [1.82, 2.24) is 0 Å². The van der Waals surface area contributed by atoms with Gasteiger partial charge in [0, 0.05) is 6.07 Å². The molecule has 0 aliphatic rings. The summed E-state index contributed by atoms with van der Waals surface area (Å²) in [6, 6.07) is 2.98. The summed E-state index contributed by atoms with van der Waals surface area (Å²) in [6.07, 6.45) is -4.78. The zero-order valence-electron chi connectivity index (χ0n) is 8.86. The monoisotopic (exact) mass is 282 g/mol. The van der Waals surface area contributed by atoms with Crippen molar-refractivity contribution in [2.24, 2.45) is 4.99 Å². The van der Waals surface area contributed by atoms with Gasteiger partial charge < -0.3 is 4.74 Å². The molecule has 0 aliphatic heterocycles. The number of nitro groups is 1. The zero-order chi connectivity index (χ0) is 13.9. The van der Waals surface area contributed by atoms with Gasteiger partial charge in [-0.15, -0.1) is 0 Å². The fourth-order valence-corrected chi connectivity index (χ4v) is 1.13. The highest BCUT2D eigenvalue weighted by molar-refractivity contribution is 6.67. The van der Waals surface area contributed by atoms with Gasteiger partial charge in [-0.05, 0) is 6.07 Å². The maximum Gasteiger partial charge on any atom is 0.444 e. The van der Waals surface area contributed by atoms with Gasteiger partial charge >= 0.3 is 6.18 Å². The van der Waals surface area contributed by atoms with Crippen LogP contribution in [0.4, 0.5) is 24.5 Å². The number of ether oxygens (including phenoxy) is 1. The van der Waals surface area contributed by atoms with Crippen molar-refractivity contribution in [2.45, 2.75) is 6.18 Å². The molecular formula is C9H6ClF3N2O3. The summed E-state index contributed by atoms with van der Waals surface area (Å²) in [6.45, 7) is 0. The molecule has 0 radical (unpaired) electrons. The van der Waals surface area contributed by atoms with Gasteiger partial charge in [0.05, 0.1) is 18.1 Å². The molecule has 1 aromatic rings. The lowest BCUT2D eigenvalue weighted by atomic mass is 10.2.